The van der Waals surface area contributed by atoms with E-state index in [2.05, 4.69) is 71.2 Å². The summed E-state index contributed by atoms with van der Waals surface area (Å²) in [4.78, 5) is 0. The van der Waals surface area contributed by atoms with E-state index in [0.717, 1.165) is 5.92 Å². The molecule has 1 aromatic rings. The quantitative estimate of drug-likeness (QED) is 0.607. The highest BCUT2D eigenvalue weighted by Gasteiger charge is 2.43. The number of rotatable bonds is 0. The summed E-state index contributed by atoms with van der Waals surface area (Å²) in [5.41, 5.74) is 3.27. The van der Waals surface area contributed by atoms with Gasteiger partial charge in [-0.2, -0.15) is 0 Å². The number of benzene rings is 1. The molecule has 1 aliphatic carbocycles. The van der Waals surface area contributed by atoms with Gasteiger partial charge in [0.15, 0.2) is 0 Å². The summed E-state index contributed by atoms with van der Waals surface area (Å²) in [6.45, 7) is 2.38. The summed E-state index contributed by atoms with van der Waals surface area (Å²) in [7, 11) is 0. The van der Waals surface area contributed by atoms with E-state index in [1.807, 2.05) is 0 Å². The summed E-state index contributed by atoms with van der Waals surface area (Å²) in [6.07, 6.45) is 2.71. The summed E-state index contributed by atoms with van der Waals surface area (Å²) in [5.74, 6) is 3.39. The number of halogens is 1. The molecule has 0 amide bonds. The second kappa shape index (κ2) is 4.39. The Kier molecular flexibility index (Phi) is 3.22. The molecular formula is C13H15IS2. The third-order valence-electron chi connectivity index (χ3n) is 3.62. The Morgan fingerprint density at radius 1 is 1.31 bits per heavy atom. The maximum Gasteiger partial charge on any atom is 0.0873 e. The highest BCUT2D eigenvalue weighted by molar-refractivity contribution is 14.1. The zero-order chi connectivity index (χ0) is 11.2. The van der Waals surface area contributed by atoms with Crippen LogP contribution in [0, 0.1) is 3.57 Å². The third kappa shape index (κ3) is 1.74. The topological polar surface area (TPSA) is 0 Å². The average Bonchev–Trinajstić information content (AvgIpc) is 2.74. The van der Waals surface area contributed by atoms with Gasteiger partial charge in [-0.1, -0.05) is 19.1 Å². The van der Waals surface area contributed by atoms with Gasteiger partial charge in [0.25, 0.3) is 0 Å². The predicted octanol–water partition coefficient (Wildman–Crippen LogP) is 4.82. The van der Waals surface area contributed by atoms with Crippen LogP contribution in [0.2, 0.25) is 0 Å². The van der Waals surface area contributed by atoms with Crippen molar-refractivity contribution >= 4 is 46.1 Å². The number of hydrogen-bond acceptors (Lipinski definition) is 2. The van der Waals surface area contributed by atoms with Gasteiger partial charge in [0.1, 0.15) is 0 Å². The van der Waals surface area contributed by atoms with Gasteiger partial charge in [-0.3, -0.25) is 0 Å². The number of hydrogen-bond donors (Lipinski definition) is 0. The van der Waals surface area contributed by atoms with E-state index in [0.29, 0.717) is 4.08 Å². The van der Waals surface area contributed by atoms with Crippen LogP contribution in [0.5, 0.6) is 0 Å². The molecule has 0 nitrogen and oxygen atoms in total. The van der Waals surface area contributed by atoms with Gasteiger partial charge >= 0.3 is 0 Å². The molecule has 0 saturated carbocycles. The van der Waals surface area contributed by atoms with Crippen LogP contribution in [-0.4, -0.2) is 11.5 Å². The summed E-state index contributed by atoms with van der Waals surface area (Å²) in [5, 5.41) is 0. The molecule has 0 radical (unpaired) electrons. The first-order valence-electron chi connectivity index (χ1n) is 5.80. The first-order chi connectivity index (χ1) is 7.73. The minimum absolute atomic E-state index is 0.402. The van der Waals surface area contributed by atoms with Crippen molar-refractivity contribution in [2.24, 2.45) is 0 Å². The molecule has 0 aromatic heterocycles. The molecule has 0 N–H and O–H groups in total. The van der Waals surface area contributed by atoms with Gasteiger partial charge in [-0.25, -0.2) is 0 Å². The fraction of sp³-hybridized carbons (Fsp3) is 0.538. The standard InChI is InChI=1S/C13H15IS2/c1-9-5-6-13(15-7-8-16-13)12-10(9)3-2-4-11(12)14/h2-4,9H,5-8H2,1H3/t9-/m0/s1. The molecule has 1 aromatic carbocycles. The number of thioether (sulfide) groups is 2. The van der Waals surface area contributed by atoms with Crippen LogP contribution in [0.25, 0.3) is 0 Å². The van der Waals surface area contributed by atoms with Crippen LogP contribution in [0.4, 0.5) is 0 Å². The van der Waals surface area contributed by atoms with Crippen molar-refractivity contribution in [1.29, 1.82) is 0 Å². The SMILES string of the molecule is C[C@H]1CCC2(SCCS2)c2c(I)cccc21. The largest absolute Gasteiger partial charge is 0.138 e. The lowest BCUT2D eigenvalue weighted by Gasteiger charge is -2.38. The van der Waals surface area contributed by atoms with Crippen molar-refractivity contribution < 1.29 is 0 Å². The Labute approximate surface area is 119 Å². The Balaban J connectivity index is 2.18. The lowest BCUT2D eigenvalue weighted by atomic mass is 9.83. The fourth-order valence-electron chi connectivity index (χ4n) is 2.78. The van der Waals surface area contributed by atoms with E-state index in [1.165, 1.54) is 27.9 Å². The van der Waals surface area contributed by atoms with Crippen molar-refractivity contribution in [1.82, 2.24) is 0 Å². The number of fused-ring (bicyclic) bond motifs is 2. The van der Waals surface area contributed by atoms with Gasteiger partial charge in [-0.05, 0) is 58.5 Å². The maximum absolute atomic E-state index is 2.53. The summed E-state index contributed by atoms with van der Waals surface area (Å²) >= 11 is 6.89. The Morgan fingerprint density at radius 2 is 2.06 bits per heavy atom. The van der Waals surface area contributed by atoms with Gasteiger partial charge < -0.3 is 0 Å². The lowest BCUT2D eigenvalue weighted by molar-refractivity contribution is 0.561. The monoisotopic (exact) mass is 362 g/mol. The molecule has 86 valence electrons. The molecule has 0 bridgehead atoms. The molecule has 2 aliphatic rings. The van der Waals surface area contributed by atoms with Crippen molar-refractivity contribution in [3.63, 3.8) is 0 Å². The van der Waals surface area contributed by atoms with E-state index < -0.39 is 0 Å². The van der Waals surface area contributed by atoms with Crippen LogP contribution in [0.3, 0.4) is 0 Å². The Morgan fingerprint density at radius 3 is 2.81 bits per heavy atom. The first-order valence-corrected chi connectivity index (χ1v) is 8.85. The normalized spacial score (nSPS) is 27.0. The van der Waals surface area contributed by atoms with Crippen molar-refractivity contribution in [3.05, 3.63) is 32.9 Å². The summed E-state index contributed by atoms with van der Waals surface area (Å²) < 4.78 is 1.88. The molecule has 16 heavy (non-hydrogen) atoms. The maximum atomic E-state index is 2.53. The van der Waals surface area contributed by atoms with Crippen molar-refractivity contribution in [2.45, 2.75) is 29.8 Å². The van der Waals surface area contributed by atoms with Crippen LogP contribution < -0.4 is 0 Å². The molecule has 3 rings (SSSR count). The lowest BCUT2D eigenvalue weighted by Crippen LogP contribution is -2.25. The van der Waals surface area contributed by atoms with E-state index in [-0.39, 0.29) is 0 Å². The van der Waals surface area contributed by atoms with E-state index in [1.54, 1.807) is 11.1 Å². The molecule has 0 unspecified atom stereocenters. The van der Waals surface area contributed by atoms with E-state index >= 15 is 0 Å². The van der Waals surface area contributed by atoms with Crippen molar-refractivity contribution in [2.75, 3.05) is 11.5 Å². The molecule has 1 spiro atoms. The second-order valence-corrected chi connectivity index (χ2v) is 8.80. The van der Waals surface area contributed by atoms with Crippen LogP contribution in [-0.2, 0) is 4.08 Å². The Bertz CT molecular complexity index is 410. The zero-order valence-corrected chi connectivity index (χ0v) is 13.1. The fourth-order valence-corrected chi connectivity index (χ4v) is 7.56. The molecule has 1 fully saturated rings. The van der Waals surface area contributed by atoms with Crippen molar-refractivity contribution in [3.8, 4) is 0 Å². The van der Waals surface area contributed by atoms with Crippen LogP contribution in [0.1, 0.15) is 36.8 Å². The molecular weight excluding hydrogens is 347 g/mol. The van der Waals surface area contributed by atoms with E-state index in [4.69, 9.17) is 0 Å². The average molecular weight is 362 g/mol. The highest BCUT2D eigenvalue weighted by atomic mass is 127. The minimum atomic E-state index is 0.402. The molecule has 3 heteroatoms. The third-order valence-corrected chi connectivity index (χ3v) is 8.05. The smallest absolute Gasteiger partial charge is 0.0873 e. The highest BCUT2D eigenvalue weighted by Crippen LogP contribution is 2.60. The Hall–Kier alpha value is 0.650. The summed E-state index contributed by atoms with van der Waals surface area (Å²) in [6, 6.07) is 6.85. The van der Waals surface area contributed by atoms with Gasteiger partial charge in [-0.15, -0.1) is 23.5 Å². The van der Waals surface area contributed by atoms with Crippen LogP contribution in [0.15, 0.2) is 18.2 Å². The molecule has 1 aliphatic heterocycles. The van der Waals surface area contributed by atoms with Crippen LogP contribution >= 0.6 is 46.1 Å². The minimum Gasteiger partial charge on any atom is -0.138 e. The van der Waals surface area contributed by atoms with Gasteiger partial charge in [0.05, 0.1) is 4.08 Å². The first kappa shape index (κ1) is 11.7. The molecule has 1 saturated heterocycles. The zero-order valence-electron chi connectivity index (χ0n) is 9.33. The molecule has 1 heterocycles. The predicted molar refractivity (Wildman–Crippen MR) is 83.4 cm³/mol. The van der Waals surface area contributed by atoms with Gasteiger partial charge in [0.2, 0.25) is 0 Å². The van der Waals surface area contributed by atoms with E-state index in [9.17, 15) is 0 Å². The second-order valence-electron chi connectivity index (χ2n) is 4.59. The molecule has 1 atom stereocenters. The van der Waals surface area contributed by atoms with Gasteiger partial charge in [0, 0.05) is 15.1 Å².